The molecule has 5 heteroatoms. The number of aromatic amines is 1. The van der Waals surface area contributed by atoms with Crippen LogP contribution in [0.2, 0.25) is 10.0 Å². The predicted octanol–water partition coefficient (Wildman–Crippen LogP) is 1.49. The maximum absolute atomic E-state index is 10.7. The number of aromatic nitrogens is 1. The molecule has 0 aromatic carbocycles. The summed E-state index contributed by atoms with van der Waals surface area (Å²) in [5.74, 6) is 0. The fourth-order valence-corrected chi connectivity index (χ4v) is 0.995. The van der Waals surface area contributed by atoms with Crippen molar-refractivity contribution in [2.45, 2.75) is 0 Å². The Bertz CT molecular complexity index is 345. The maximum atomic E-state index is 10.7. The number of rotatable bonds is 1. The van der Waals surface area contributed by atoms with E-state index in [9.17, 15) is 9.59 Å². The highest BCUT2D eigenvalue weighted by atomic mass is 35.5. The summed E-state index contributed by atoms with van der Waals surface area (Å²) in [5, 5.41) is 0.116. The molecule has 1 rings (SSSR count). The van der Waals surface area contributed by atoms with Crippen molar-refractivity contribution in [2.75, 3.05) is 0 Å². The van der Waals surface area contributed by atoms with Gasteiger partial charge in [0.15, 0.2) is 6.29 Å². The van der Waals surface area contributed by atoms with E-state index in [1.165, 1.54) is 6.07 Å². The van der Waals surface area contributed by atoms with Crippen LogP contribution >= 0.6 is 23.2 Å². The molecule has 0 radical (unpaired) electrons. The molecule has 0 aliphatic carbocycles. The van der Waals surface area contributed by atoms with Gasteiger partial charge in [0, 0.05) is 0 Å². The minimum atomic E-state index is -0.516. The molecule has 0 aliphatic rings. The first-order valence-electron chi connectivity index (χ1n) is 2.68. The highest BCUT2D eigenvalue weighted by Gasteiger charge is 2.02. The summed E-state index contributed by atoms with van der Waals surface area (Å²) in [4.78, 5) is 23.1. The van der Waals surface area contributed by atoms with E-state index in [-0.39, 0.29) is 15.7 Å². The second-order valence-corrected chi connectivity index (χ2v) is 2.64. The van der Waals surface area contributed by atoms with Gasteiger partial charge in [0.05, 0.1) is 5.02 Å². The summed E-state index contributed by atoms with van der Waals surface area (Å²) >= 11 is 10.9. The highest BCUT2D eigenvalue weighted by molar-refractivity contribution is 6.35. The number of carbonyl (C=O) groups excluding carboxylic acids is 1. The third-order valence-electron chi connectivity index (χ3n) is 1.09. The molecule has 0 fully saturated rings. The van der Waals surface area contributed by atoms with E-state index in [4.69, 9.17) is 23.2 Å². The Morgan fingerprint density at radius 2 is 2.00 bits per heavy atom. The van der Waals surface area contributed by atoms with Gasteiger partial charge in [0.1, 0.15) is 10.7 Å². The van der Waals surface area contributed by atoms with Gasteiger partial charge >= 0.3 is 0 Å². The molecular formula is C6H3Cl2NO2. The van der Waals surface area contributed by atoms with Gasteiger partial charge in [-0.05, 0) is 6.07 Å². The van der Waals surface area contributed by atoms with Crippen LogP contribution in [0.1, 0.15) is 10.5 Å². The third-order valence-corrected chi connectivity index (χ3v) is 1.69. The number of halogens is 2. The van der Waals surface area contributed by atoms with Gasteiger partial charge in [0.2, 0.25) is 0 Å². The average Bonchev–Trinajstić information content (AvgIpc) is 1.97. The SMILES string of the molecule is O=Cc1[nH]c(=O)c(Cl)cc1Cl. The van der Waals surface area contributed by atoms with Gasteiger partial charge < -0.3 is 4.98 Å². The summed E-state index contributed by atoms with van der Waals surface area (Å²) in [6.07, 6.45) is 0.458. The number of hydrogen-bond donors (Lipinski definition) is 1. The van der Waals surface area contributed by atoms with Gasteiger partial charge in [0.25, 0.3) is 5.56 Å². The molecule has 0 aliphatic heterocycles. The number of H-pyrrole nitrogens is 1. The van der Waals surface area contributed by atoms with Crippen molar-refractivity contribution in [3.8, 4) is 0 Å². The van der Waals surface area contributed by atoms with E-state index >= 15 is 0 Å². The van der Waals surface area contributed by atoms with Crippen LogP contribution in [-0.2, 0) is 0 Å². The Morgan fingerprint density at radius 1 is 1.36 bits per heavy atom. The van der Waals surface area contributed by atoms with Gasteiger partial charge in [-0.2, -0.15) is 0 Å². The Hall–Kier alpha value is -0.800. The summed E-state index contributed by atoms with van der Waals surface area (Å²) in [5.41, 5.74) is -0.473. The molecule has 1 N–H and O–H groups in total. The van der Waals surface area contributed by atoms with Crippen molar-refractivity contribution in [3.63, 3.8) is 0 Å². The van der Waals surface area contributed by atoms with E-state index in [1.807, 2.05) is 0 Å². The molecule has 0 spiro atoms. The highest BCUT2D eigenvalue weighted by Crippen LogP contribution is 2.13. The zero-order valence-electron chi connectivity index (χ0n) is 5.23. The normalized spacial score (nSPS) is 9.64. The Kier molecular flexibility index (Phi) is 2.31. The molecule has 58 valence electrons. The molecular weight excluding hydrogens is 189 g/mol. The monoisotopic (exact) mass is 191 g/mol. The fourth-order valence-electron chi connectivity index (χ4n) is 0.582. The number of carbonyl (C=O) groups is 1. The quantitative estimate of drug-likeness (QED) is 0.685. The van der Waals surface area contributed by atoms with Crippen LogP contribution < -0.4 is 5.56 Å². The number of hydrogen-bond acceptors (Lipinski definition) is 2. The van der Waals surface area contributed by atoms with Crippen LogP contribution in [0.25, 0.3) is 0 Å². The van der Waals surface area contributed by atoms with Gasteiger partial charge in [-0.3, -0.25) is 9.59 Å². The Labute approximate surface area is 71.9 Å². The van der Waals surface area contributed by atoms with Crippen LogP contribution in [0.4, 0.5) is 0 Å². The lowest BCUT2D eigenvalue weighted by atomic mass is 10.4. The van der Waals surface area contributed by atoms with Crippen LogP contribution in [0, 0.1) is 0 Å². The fraction of sp³-hybridized carbons (Fsp3) is 0. The standard InChI is InChI=1S/C6H3Cl2NO2/c7-3-1-4(8)6(11)9-5(3)2-10/h1-2H,(H,9,11). The lowest BCUT2D eigenvalue weighted by molar-refractivity contribution is 0.111. The summed E-state index contributed by atoms with van der Waals surface area (Å²) in [6.45, 7) is 0. The van der Waals surface area contributed by atoms with E-state index in [2.05, 4.69) is 4.98 Å². The molecule has 3 nitrogen and oxygen atoms in total. The average molecular weight is 192 g/mol. The second kappa shape index (κ2) is 3.07. The molecule has 0 bridgehead atoms. The largest absolute Gasteiger partial charge is 0.317 e. The van der Waals surface area contributed by atoms with Crippen molar-refractivity contribution in [2.24, 2.45) is 0 Å². The number of nitrogens with one attached hydrogen (secondary N) is 1. The van der Waals surface area contributed by atoms with Crippen LogP contribution in [-0.4, -0.2) is 11.3 Å². The zero-order valence-corrected chi connectivity index (χ0v) is 6.74. The van der Waals surface area contributed by atoms with E-state index in [0.717, 1.165) is 0 Å². The Morgan fingerprint density at radius 3 is 2.55 bits per heavy atom. The van der Waals surface area contributed by atoms with Gasteiger partial charge in [-0.1, -0.05) is 23.2 Å². The molecule has 1 heterocycles. The molecule has 0 amide bonds. The van der Waals surface area contributed by atoms with Crippen molar-refractivity contribution >= 4 is 29.5 Å². The van der Waals surface area contributed by atoms with Crippen LogP contribution in [0.15, 0.2) is 10.9 Å². The van der Waals surface area contributed by atoms with Gasteiger partial charge in [-0.25, -0.2) is 0 Å². The van der Waals surface area contributed by atoms with Crippen LogP contribution in [0.5, 0.6) is 0 Å². The lowest BCUT2D eigenvalue weighted by Crippen LogP contribution is -2.08. The molecule has 0 unspecified atom stereocenters. The smallest absolute Gasteiger partial charge is 0.267 e. The molecule has 1 aromatic heterocycles. The summed E-state index contributed by atoms with van der Waals surface area (Å²) in [6, 6.07) is 1.23. The minimum absolute atomic E-state index is 0.0272. The first kappa shape index (κ1) is 8.30. The molecule has 1 aromatic rings. The first-order valence-corrected chi connectivity index (χ1v) is 3.44. The topological polar surface area (TPSA) is 49.9 Å². The van der Waals surface area contributed by atoms with E-state index in [1.54, 1.807) is 0 Å². The predicted molar refractivity (Wildman–Crippen MR) is 42.5 cm³/mol. The third kappa shape index (κ3) is 1.61. The lowest BCUT2D eigenvalue weighted by Gasteiger charge is -1.94. The molecule has 0 atom stereocenters. The minimum Gasteiger partial charge on any atom is -0.317 e. The second-order valence-electron chi connectivity index (χ2n) is 1.83. The van der Waals surface area contributed by atoms with Crippen molar-refractivity contribution < 1.29 is 4.79 Å². The molecule has 11 heavy (non-hydrogen) atoms. The van der Waals surface area contributed by atoms with Gasteiger partial charge in [-0.15, -0.1) is 0 Å². The zero-order chi connectivity index (χ0) is 8.43. The van der Waals surface area contributed by atoms with Crippen molar-refractivity contribution in [3.05, 3.63) is 32.2 Å². The van der Waals surface area contributed by atoms with Crippen LogP contribution in [0.3, 0.4) is 0 Å². The maximum Gasteiger partial charge on any atom is 0.267 e. The number of pyridine rings is 1. The van der Waals surface area contributed by atoms with Crippen molar-refractivity contribution in [1.29, 1.82) is 0 Å². The number of aldehydes is 1. The summed E-state index contributed by atoms with van der Waals surface area (Å²) < 4.78 is 0. The first-order chi connectivity index (χ1) is 5.15. The molecule has 0 saturated heterocycles. The van der Waals surface area contributed by atoms with Crippen molar-refractivity contribution in [1.82, 2.24) is 4.98 Å². The summed E-state index contributed by atoms with van der Waals surface area (Å²) in [7, 11) is 0. The Balaban J connectivity index is 3.44. The van der Waals surface area contributed by atoms with E-state index in [0.29, 0.717) is 6.29 Å². The van der Waals surface area contributed by atoms with E-state index < -0.39 is 5.56 Å². The molecule has 0 saturated carbocycles.